The highest BCUT2D eigenvalue weighted by molar-refractivity contribution is 5.79. The van der Waals surface area contributed by atoms with Crippen LogP contribution in [0.15, 0.2) is 12.1 Å². The molecule has 3 nitrogen and oxygen atoms in total. The maximum atomic E-state index is 12.5. The summed E-state index contributed by atoms with van der Waals surface area (Å²) in [6.07, 6.45) is -5.11. The molecule has 1 aromatic rings. The lowest BCUT2D eigenvalue weighted by Gasteiger charge is -2.13. The standard InChI is InChI=1S/C10H9F3O3/c1-5(14)2-6-3-8(15)9(16)4-7(6)10(11,12)13/h3-4,15-16H,2H2,1H3. The quantitative estimate of drug-likeness (QED) is 0.771. The van der Waals surface area contributed by atoms with Crippen LogP contribution in [0, 0.1) is 0 Å². The van der Waals surface area contributed by atoms with E-state index < -0.39 is 35.4 Å². The first-order valence-corrected chi connectivity index (χ1v) is 4.33. The van der Waals surface area contributed by atoms with Crippen molar-refractivity contribution in [3.05, 3.63) is 23.3 Å². The first-order valence-electron chi connectivity index (χ1n) is 4.33. The second-order valence-electron chi connectivity index (χ2n) is 3.37. The molecule has 0 unspecified atom stereocenters. The Morgan fingerprint density at radius 3 is 2.19 bits per heavy atom. The Hall–Kier alpha value is -1.72. The molecule has 0 saturated heterocycles. The second kappa shape index (κ2) is 4.03. The van der Waals surface area contributed by atoms with Gasteiger partial charge in [-0.25, -0.2) is 0 Å². The summed E-state index contributed by atoms with van der Waals surface area (Å²) in [6.45, 7) is 1.14. The van der Waals surface area contributed by atoms with Gasteiger partial charge in [-0.05, 0) is 24.6 Å². The lowest BCUT2D eigenvalue weighted by atomic mass is 10.0. The highest BCUT2D eigenvalue weighted by Gasteiger charge is 2.34. The van der Waals surface area contributed by atoms with Crippen molar-refractivity contribution in [3.63, 3.8) is 0 Å². The van der Waals surface area contributed by atoms with E-state index in [0.717, 1.165) is 13.0 Å². The van der Waals surface area contributed by atoms with E-state index in [1.165, 1.54) is 0 Å². The number of carbonyl (C=O) groups excluding carboxylic acids is 1. The molecule has 88 valence electrons. The number of alkyl halides is 3. The first kappa shape index (κ1) is 12.4. The Bertz CT molecular complexity index is 424. The van der Waals surface area contributed by atoms with E-state index in [4.69, 9.17) is 10.2 Å². The third-order valence-corrected chi connectivity index (χ3v) is 1.95. The van der Waals surface area contributed by atoms with E-state index >= 15 is 0 Å². The predicted molar refractivity (Wildman–Crippen MR) is 49.2 cm³/mol. The molecule has 0 aliphatic carbocycles. The molecule has 0 aromatic heterocycles. The largest absolute Gasteiger partial charge is 0.504 e. The molecule has 2 N–H and O–H groups in total. The van der Waals surface area contributed by atoms with Gasteiger partial charge >= 0.3 is 6.18 Å². The van der Waals surface area contributed by atoms with Crippen LogP contribution in [0.2, 0.25) is 0 Å². The molecule has 0 saturated carbocycles. The van der Waals surface area contributed by atoms with E-state index in [2.05, 4.69) is 0 Å². The molecule has 0 aliphatic heterocycles. The van der Waals surface area contributed by atoms with Crippen LogP contribution >= 0.6 is 0 Å². The molecular formula is C10H9F3O3. The van der Waals surface area contributed by atoms with E-state index in [1.807, 2.05) is 0 Å². The van der Waals surface area contributed by atoms with Gasteiger partial charge in [0.25, 0.3) is 0 Å². The van der Waals surface area contributed by atoms with Crippen molar-refractivity contribution in [1.82, 2.24) is 0 Å². The van der Waals surface area contributed by atoms with Crippen LogP contribution in [-0.2, 0) is 17.4 Å². The van der Waals surface area contributed by atoms with Crippen LogP contribution in [0.5, 0.6) is 11.5 Å². The molecule has 6 heteroatoms. The molecule has 0 aliphatic rings. The second-order valence-corrected chi connectivity index (χ2v) is 3.37. The average Bonchev–Trinajstić information content (AvgIpc) is 2.08. The summed E-state index contributed by atoms with van der Waals surface area (Å²) in [5, 5.41) is 18.1. The summed E-state index contributed by atoms with van der Waals surface area (Å²) in [6, 6.07) is 1.16. The van der Waals surface area contributed by atoms with Crippen LogP contribution in [0.1, 0.15) is 18.1 Å². The number of rotatable bonds is 2. The molecule has 0 bridgehead atoms. The topological polar surface area (TPSA) is 57.5 Å². The Kier molecular flexibility index (Phi) is 3.11. The van der Waals surface area contributed by atoms with Crippen LogP contribution in [0.25, 0.3) is 0 Å². The zero-order valence-corrected chi connectivity index (χ0v) is 8.30. The summed E-state index contributed by atoms with van der Waals surface area (Å²) in [7, 11) is 0. The molecule has 0 fully saturated rings. The number of hydrogen-bond donors (Lipinski definition) is 2. The fraction of sp³-hybridized carbons (Fsp3) is 0.300. The molecule has 0 atom stereocenters. The number of phenols is 2. The van der Waals surface area contributed by atoms with E-state index in [9.17, 15) is 18.0 Å². The van der Waals surface area contributed by atoms with Gasteiger partial charge in [0.1, 0.15) is 5.78 Å². The molecule has 16 heavy (non-hydrogen) atoms. The van der Waals surface area contributed by atoms with Crippen LogP contribution in [-0.4, -0.2) is 16.0 Å². The molecule has 0 amide bonds. The first-order chi connectivity index (χ1) is 7.21. The van der Waals surface area contributed by atoms with Gasteiger partial charge < -0.3 is 10.2 Å². The number of aromatic hydroxyl groups is 2. The third kappa shape index (κ3) is 2.65. The number of ketones is 1. The van der Waals surface area contributed by atoms with E-state index in [-0.39, 0.29) is 5.56 Å². The highest BCUT2D eigenvalue weighted by Crippen LogP contribution is 2.38. The van der Waals surface area contributed by atoms with Gasteiger partial charge in [0.15, 0.2) is 11.5 Å². The maximum absolute atomic E-state index is 12.5. The third-order valence-electron chi connectivity index (χ3n) is 1.95. The van der Waals surface area contributed by atoms with Gasteiger partial charge in [-0.3, -0.25) is 4.79 Å². The van der Waals surface area contributed by atoms with Crippen molar-refractivity contribution < 1.29 is 28.2 Å². The monoisotopic (exact) mass is 234 g/mol. The van der Waals surface area contributed by atoms with Gasteiger partial charge in [0.05, 0.1) is 5.56 Å². The molecule has 1 rings (SSSR count). The number of carbonyl (C=O) groups is 1. The number of phenolic OH excluding ortho intramolecular Hbond substituents is 2. The molecule has 0 radical (unpaired) electrons. The van der Waals surface area contributed by atoms with Crippen LogP contribution in [0.4, 0.5) is 13.2 Å². The van der Waals surface area contributed by atoms with Gasteiger partial charge in [0, 0.05) is 6.42 Å². The smallest absolute Gasteiger partial charge is 0.416 e. The van der Waals surface area contributed by atoms with Gasteiger partial charge in [-0.1, -0.05) is 0 Å². The van der Waals surface area contributed by atoms with Gasteiger partial charge in [0.2, 0.25) is 0 Å². The zero-order valence-electron chi connectivity index (χ0n) is 8.30. The fourth-order valence-electron chi connectivity index (χ4n) is 1.30. The maximum Gasteiger partial charge on any atom is 0.416 e. The SMILES string of the molecule is CC(=O)Cc1cc(O)c(O)cc1C(F)(F)F. The number of benzene rings is 1. The number of halogens is 3. The van der Waals surface area contributed by atoms with E-state index in [1.54, 1.807) is 0 Å². The van der Waals surface area contributed by atoms with Crippen molar-refractivity contribution in [1.29, 1.82) is 0 Å². The summed E-state index contributed by atoms with van der Waals surface area (Å²) < 4.78 is 37.5. The van der Waals surface area contributed by atoms with Gasteiger partial charge in [-0.15, -0.1) is 0 Å². The summed E-state index contributed by atoms with van der Waals surface area (Å²) in [5.41, 5.74) is -1.46. The minimum atomic E-state index is -4.67. The van der Waals surface area contributed by atoms with Crippen molar-refractivity contribution in [2.75, 3.05) is 0 Å². The van der Waals surface area contributed by atoms with Crippen molar-refractivity contribution in [2.24, 2.45) is 0 Å². The number of hydrogen-bond acceptors (Lipinski definition) is 3. The molecule has 0 spiro atoms. The predicted octanol–water partition coefficient (Wildman–Crippen LogP) is 2.25. The van der Waals surface area contributed by atoms with Crippen molar-refractivity contribution >= 4 is 5.78 Å². The van der Waals surface area contributed by atoms with E-state index in [0.29, 0.717) is 6.07 Å². The van der Waals surface area contributed by atoms with Crippen molar-refractivity contribution in [2.45, 2.75) is 19.5 Å². The lowest BCUT2D eigenvalue weighted by Crippen LogP contribution is -2.11. The normalized spacial score (nSPS) is 11.5. The Morgan fingerprint density at radius 1 is 1.25 bits per heavy atom. The highest BCUT2D eigenvalue weighted by atomic mass is 19.4. The summed E-state index contributed by atoms with van der Waals surface area (Å²) in [5.74, 6) is -2.00. The summed E-state index contributed by atoms with van der Waals surface area (Å²) in [4.78, 5) is 10.8. The Morgan fingerprint density at radius 2 is 1.75 bits per heavy atom. The van der Waals surface area contributed by atoms with Crippen LogP contribution < -0.4 is 0 Å². The zero-order chi connectivity index (χ0) is 12.5. The fourth-order valence-corrected chi connectivity index (χ4v) is 1.30. The Labute approximate surface area is 89.1 Å². The number of Topliss-reactive ketones (excluding diaryl/α,β-unsaturated/α-hetero) is 1. The Balaban J connectivity index is 3.33. The minimum absolute atomic E-state index is 0.352. The van der Waals surface area contributed by atoms with Crippen LogP contribution in [0.3, 0.4) is 0 Å². The molecule has 1 aromatic carbocycles. The van der Waals surface area contributed by atoms with Crippen molar-refractivity contribution in [3.8, 4) is 11.5 Å². The lowest BCUT2D eigenvalue weighted by molar-refractivity contribution is -0.138. The minimum Gasteiger partial charge on any atom is -0.504 e. The molecule has 0 heterocycles. The van der Waals surface area contributed by atoms with Gasteiger partial charge in [-0.2, -0.15) is 13.2 Å². The summed E-state index contributed by atoms with van der Waals surface area (Å²) >= 11 is 0. The average molecular weight is 234 g/mol. The molecular weight excluding hydrogens is 225 g/mol.